The Bertz CT molecular complexity index is 335. The standard InChI is InChI=1S/C13H19NO/c1-3-14(2)8-6-11-4-5-13-12(10-11)7-9-15-13/h4-5,10H,3,6-9H2,1-2H3. The van der Waals surface area contributed by atoms with Crippen molar-refractivity contribution in [3.63, 3.8) is 0 Å². The molecule has 1 aliphatic rings. The Balaban J connectivity index is 1.98. The van der Waals surface area contributed by atoms with E-state index in [1.54, 1.807) is 0 Å². The molecule has 0 aliphatic carbocycles. The maximum Gasteiger partial charge on any atom is 0.122 e. The second-order valence-corrected chi connectivity index (χ2v) is 4.19. The van der Waals surface area contributed by atoms with Gasteiger partial charge in [0.05, 0.1) is 6.61 Å². The van der Waals surface area contributed by atoms with Crippen molar-refractivity contribution >= 4 is 0 Å². The van der Waals surface area contributed by atoms with Crippen molar-refractivity contribution in [3.05, 3.63) is 29.3 Å². The highest BCUT2D eigenvalue weighted by atomic mass is 16.5. The Morgan fingerprint density at radius 2 is 2.27 bits per heavy atom. The molecule has 82 valence electrons. The quantitative estimate of drug-likeness (QED) is 0.746. The number of likely N-dealkylation sites (N-methyl/N-ethyl adjacent to an activating group) is 1. The summed E-state index contributed by atoms with van der Waals surface area (Å²) in [5, 5.41) is 0. The highest BCUT2D eigenvalue weighted by molar-refractivity contribution is 5.39. The fourth-order valence-electron chi connectivity index (χ4n) is 1.87. The average molecular weight is 205 g/mol. The Morgan fingerprint density at radius 3 is 3.07 bits per heavy atom. The fourth-order valence-corrected chi connectivity index (χ4v) is 1.87. The van der Waals surface area contributed by atoms with Gasteiger partial charge in [0.1, 0.15) is 5.75 Å². The number of nitrogens with zero attached hydrogens (tertiary/aromatic N) is 1. The highest BCUT2D eigenvalue weighted by Gasteiger charge is 2.11. The Labute approximate surface area is 91.9 Å². The summed E-state index contributed by atoms with van der Waals surface area (Å²) in [6.07, 6.45) is 2.21. The first-order valence-corrected chi connectivity index (χ1v) is 5.72. The van der Waals surface area contributed by atoms with Gasteiger partial charge in [-0.1, -0.05) is 19.1 Å². The first kappa shape index (κ1) is 10.5. The molecule has 0 atom stereocenters. The third kappa shape index (κ3) is 2.51. The van der Waals surface area contributed by atoms with Crippen LogP contribution in [0.25, 0.3) is 0 Å². The third-order valence-corrected chi connectivity index (χ3v) is 3.08. The molecule has 0 saturated heterocycles. The van der Waals surface area contributed by atoms with Crippen LogP contribution in [-0.4, -0.2) is 31.6 Å². The van der Waals surface area contributed by atoms with Crippen LogP contribution in [-0.2, 0) is 12.8 Å². The van der Waals surface area contributed by atoms with E-state index in [0.717, 1.165) is 38.3 Å². The zero-order chi connectivity index (χ0) is 10.7. The zero-order valence-electron chi connectivity index (χ0n) is 9.62. The van der Waals surface area contributed by atoms with E-state index in [1.807, 2.05) is 0 Å². The molecule has 15 heavy (non-hydrogen) atoms. The molecule has 2 rings (SSSR count). The number of hydrogen-bond acceptors (Lipinski definition) is 2. The highest BCUT2D eigenvalue weighted by Crippen LogP contribution is 2.25. The van der Waals surface area contributed by atoms with Gasteiger partial charge in [-0.05, 0) is 37.2 Å². The summed E-state index contributed by atoms with van der Waals surface area (Å²) >= 11 is 0. The molecular formula is C13H19NO. The van der Waals surface area contributed by atoms with Crippen LogP contribution in [0.1, 0.15) is 18.1 Å². The van der Waals surface area contributed by atoms with E-state index >= 15 is 0 Å². The summed E-state index contributed by atoms with van der Waals surface area (Å²) in [5.74, 6) is 1.09. The lowest BCUT2D eigenvalue weighted by atomic mass is 10.1. The molecule has 0 aromatic heterocycles. The zero-order valence-corrected chi connectivity index (χ0v) is 9.62. The molecule has 0 radical (unpaired) electrons. The molecule has 0 unspecified atom stereocenters. The molecular weight excluding hydrogens is 186 g/mol. The summed E-state index contributed by atoms with van der Waals surface area (Å²) in [5.41, 5.74) is 2.81. The van der Waals surface area contributed by atoms with Crippen LogP contribution >= 0.6 is 0 Å². The van der Waals surface area contributed by atoms with Crippen LogP contribution in [0.5, 0.6) is 5.75 Å². The van der Waals surface area contributed by atoms with E-state index in [4.69, 9.17) is 4.74 Å². The largest absolute Gasteiger partial charge is 0.493 e. The van der Waals surface area contributed by atoms with Gasteiger partial charge in [-0.2, -0.15) is 0 Å². The average Bonchev–Trinajstić information content (AvgIpc) is 2.72. The predicted molar refractivity (Wildman–Crippen MR) is 62.5 cm³/mol. The van der Waals surface area contributed by atoms with E-state index in [-0.39, 0.29) is 0 Å². The number of fused-ring (bicyclic) bond motifs is 1. The molecule has 0 amide bonds. The summed E-state index contributed by atoms with van der Waals surface area (Å²) in [4.78, 5) is 2.34. The number of ether oxygens (including phenoxy) is 1. The van der Waals surface area contributed by atoms with Crippen LogP contribution in [0.15, 0.2) is 18.2 Å². The van der Waals surface area contributed by atoms with Crippen molar-refractivity contribution in [2.75, 3.05) is 26.7 Å². The predicted octanol–water partition coefficient (Wildman–Crippen LogP) is 2.12. The lowest BCUT2D eigenvalue weighted by Gasteiger charge is -2.13. The van der Waals surface area contributed by atoms with Gasteiger partial charge < -0.3 is 9.64 Å². The number of benzene rings is 1. The van der Waals surface area contributed by atoms with Crippen LogP contribution in [0.3, 0.4) is 0 Å². The molecule has 0 fully saturated rings. The number of rotatable bonds is 4. The van der Waals surface area contributed by atoms with Gasteiger partial charge in [-0.25, -0.2) is 0 Å². The lowest BCUT2D eigenvalue weighted by molar-refractivity contribution is 0.355. The Hall–Kier alpha value is -1.02. The van der Waals surface area contributed by atoms with E-state index < -0.39 is 0 Å². The molecule has 1 aromatic rings. The van der Waals surface area contributed by atoms with Crippen LogP contribution < -0.4 is 4.74 Å². The molecule has 2 heteroatoms. The molecule has 2 nitrogen and oxygen atoms in total. The minimum absolute atomic E-state index is 0.855. The van der Waals surface area contributed by atoms with Crippen molar-refractivity contribution in [2.45, 2.75) is 19.8 Å². The third-order valence-electron chi connectivity index (χ3n) is 3.08. The fraction of sp³-hybridized carbons (Fsp3) is 0.538. The minimum Gasteiger partial charge on any atom is -0.493 e. The van der Waals surface area contributed by atoms with E-state index in [1.165, 1.54) is 11.1 Å². The summed E-state index contributed by atoms with van der Waals surface area (Å²) in [7, 11) is 2.16. The van der Waals surface area contributed by atoms with Gasteiger partial charge in [-0.3, -0.25) is 0 Å². The second kappa shape index (κ2) is 4.67. The smallest absolute Gasteiger partial charge is 0.122 e. The van der Waals surface area contributed by atoms with Gasteiger partial charge in [0.25, 0.3) is 0 Å². The molecule has 0 N–H and O–H groups in total. The topological polar surface area (TPSA) is 12.5 Å². The van der Waals surface area contributed by atoms with Gasteiger partial charge >= 0.3 is 0 Å². The minimum atomic E-state index is 0.855. The maximum atomic E-state index is 5.49. The summed E-state index contributed by atoms with van der Waals surface area (Å²) < 4.78 is 5.49. The monoisotopic (exact) mass is 205 g/mol. The van der Waals surface area contributed by atoms with Gasteiger partial charge in [0, 0.05) is 13.0 Å². The Kier molecular flexibility index (Phi) is 3.27. The molecule has 1 aromatic carbocycles. The van der Waals surface area contributed by atoms with Crippen molar-refractivity contribution in [1.29, 1.82) is 0 Å². The summed E-state index contributed by atoms with van der Waals surface area (Å²) in [6.45, 7) is 5.30. The van der Waals surface area contributed by atoms with Crippen molar-refractivity contribution in [1.82, 2.24) is 4.90 Å². The van der Waals surface area contributed by atoms with Gasteiger partial charge in [0.15, 0.2) is 0 Å². The van der Waals surface area contributed by atoms with Crippen LogP contribution in [0.2, 0.25) is 0 Å². The van der Waals surface area contributed by atoms with E-state index in [0.29, 0.717) is 0 Å². The number of hydrogen-bond donors (Lipinski definition) is 0. The molecule has 1 aliphatic heterocycles. The maximum absolute atomic E-state index is 5.49. The normalized spacial score (nSPS) is 14.1. The van der Waals surface area contributed by atoms with Crippen LogP contribution in [0.4, 0.5) is 0 Å². The van der Waals surface area contributed by atoms with Crippen molar-refractivity contribution in [2.24, 2.45) is 0 Å². The van der Waals surface area contributed by atoms with Gasteiger partial charge in [-0.15, -0.1) is 0 Å². The first-order valence-electron chi connectivity index (χ1n) is 5.72. The van der Waals surface area contributed by atoms with Gasteiger partial charge in [0.2, 0.25) is 0 Å². The van der Waals surface area contributed by atoms with Crippen LogP contribution in [0, 0.1) is 0 Å². The summed E-state index contributed by atoms with van der Waals surface area (Å²) in [6, 6.07) is 6.60. The van der Waals surface area contributed by atoms with Crippen molar-refractivity contribution < 1.29 is 4.74 Å². The Morgan fingerprint density at radius 1 is 1.40 bits per heavy atom. The molecule has 0 bridgehead atoms. The second-order valence-electron chi connectivity index (χ2n) is 4.19. The molecule has 0 spiro atoms. The van der Waals surface area contributed by atoms with Crippen molar-refractivity contribution in [3.8, 4) is 5.75 Å². The van der Waals surface area contributed by atoms with E-state index in [9.17, 15) is 0 Å². The molecule has 1 heterocycles. The van der Waals surface area contributed by atoms with E-state index in [2.05, 4.69) is 37.1 Å². The molecule has 0 saturated carbocycles. The SMILES string of the molecule is CCN(C)CCc1ccc2c(c1)CCO2. The lowest BCUT2D eigenvalue weighted by Crippen LogP contribution is -2.20. The first-order chi connectivity index (χ1) is 7.29.